The second-order valence-corrected chi connectivity index (χ2v) is 2.99. The summed E-state index contributed by atoms with van der Waals surface area (Å²) in [7, 11) is 1.26. The number of rotatable bonds is 2. The maximum atomic E-state index is 12.3. The van der Waals surface area contributed by atoms with Gasteiger partial charge in [0, 0.05) is 12.4 Å². The van der Waals surface area contributed by atoms with Gasteiger partial charge in [-0.2, -0.15) is 3.89 Å². The SMILES string of the molecule is COC(=O)c1c(C)cncc1SF. The number of aromatic nitrogens is 1. The van der Waals surface area contributed by atoms with Crippen molar-refractivity contribution < 1.29 is 13.4 Å². The topological polar surface area (TPSA) is 39.2 Å². The van der Waals surface area contributed by atoms with Gasteiger partial charge in [0.05, 0.1) is 29.7 Å². The van der Waals surface area contributed by atoms with E-state index in [0.29, 0.717) is 5.56 Å². The second-order valence-electron chi connectivity index (χ2n) is 2.40. The van der Waals surface area contributed by atoms with Crippen molar-refractivity contribution in [1.82, 2.24) is 4.98 Å². The van der Waals surface area contributed by atoms with Crippen molar-refractivity contribution in [2.24, 2.45) is 0 Å². The van der Waals surface area contributed by atoms with Gasteiger partial charge in [-0.3, -0.25) is 4.98 Å². The number of aryl methyl sites for hydroxylation is 1. The van der Waals surface area contributed by atoms with Crippen LogP contribution in [0.5, 0.6) is 0 Å². The molecule has 3 nitrogen and oxygen atoms in total. The summed E-state index contributed by atoms with van der Waals surface area (Å²) in [5, 5.41) is 0. The molecule has 0 saturated heterocycles. The molecule has 0 aliphatic carbocycles. The van der Waals surface area contributed by atoms with Crippen molar-refractivity contribution in [1.29, 1.82) is 0 Å². The lowest BCUT2D eigenvalue weighted by Crippen LogP contribution is -2.05. The zero-order valence-electron chi connectivity index (χ0n) is 7.20. The third kappa shape index (κ3) is 1.98. The summed E-state index contributed by atoms with van der Waals surface area (Å²) >= 11 is -0.0100. The molecule has 70 valence electrons. The van der Waals surface area contributed by atoms with E-state index in [2.05, 4.69) is 9.72 Å². The number of methoxy groups -OCH3 is 1. The molecule has 0 spiro atoms. The Hall–Kier alpha value is -1.10. The molecule has 1 aromatic rings. The van der Waals surface area contributed by atoms with Crippen LogP contribution >= 0.6 is 12.1 Å². The van der Waals surface area contributed by atoms with E-state index < -0.39 is 5.97 Å². The van der Waals surface area contributed by atoms with Crippen LogP contribution in [-0.2, 0) is 4.74 Å². The second kappa shape index (κ2) is 4.23. The first-order valence-electron chi connectivity index (χ1n) is 3.52. The Morgan fingerprint density at radius 2 is 2.31 bits per heavy atom. The maximum Gasteiger partial charge on any atom is 0.339 e. The Balaban J connectivity index is 3.22. The Bertz CT molecular complexity index is 330. The summed E-state index contributed by atoms with van der Waals surface area (Å²) in [6.45, 7) is 1.68. The monoisotopic (exact) mass is 201 g/mol. The van der Waals surface area contributed by atoms with Crippen molar-refractivity contribution in [2.45, 2.75) is 11.8 Å². The molecule has 0 aromatic carbocycles. The van der Waals surface area contributed by atoms with Crippen molar-refractivity contribution in [2.75, 3.05) is 7.11 Å². The normalized spacial score (nSPS) is 9.77. The lowest BCUT2D eigenvalue weighted by Gasteiger charge is -2.05. The molecule has 1 rings (SSSR count). The molecule has 1 heterocycles. The molecule has 0 aliphatic rings. The van der Waals surface area contributed by atoms with Gasteiger partial charge < -0.3 is 4.74 Å². The highest BCUT2D eigenvalue weighted by molar-refractivity contribution is 7.94. The molecular weight excluding hydrogens is 193 g/mol. The number of halogens is 1. The van der Waals surface area contributed by atoms with E-state index in [4.69, 9.17) is 0 Å². The zero-order valence-corrected chi connectivity index (χ0v) is 8.02. The molecule has 0 N–H and O–H groups in total. The molecule has 0 fully saturated rings. The lowest BCUT2D eigenvalue weighted by atomic mass is 10.1. The van der Waals surface area contributed by atoms with Gasteiger partial charge in [-0.15, -0.1) is 0 Å². The number of carbonyl (C=O) groups excluding carboxylic acids is 1. The third-order valence-corrected chi connectivity index (χ3v) is 2.05. The molecule has 0 atom stereocenters. The van der Waals surface area contributed by atoms with Crippen molar-refractivity contribution in [3.8, 4) is 0 Å². The van der Waals surface area contributed by atoms with Gasteiger partial charge in [0.25, 0.3) is 0 Å². The molecule has 0 radical (unpaired) electrons. The molecule has 1 aromatic heterocycles. The van der Waals surface area contributed by atoms with Crippen LogP contribution in [0.1, 0.15) is 15.9 Å². The smallest absolute Gasteiger partial charge is 0.339 e. The predicted octanol–water partition coefficient (Wildman–Crippen LogP) is 2.15. The summed E-state index contributed by atoms with van der Waals surface area (Å²) in [5.74, 6) is -0.542. The van der Waals surface area contributed by atoms with Gasteiger partial charge in [0.2, 0.25) is 0 Å². The summed E-state index contributed by atoms with van der Waals surface area (Å²) in [6.07, 6.45) is 2.79. The number of pyridine rings is 1. The minimum Gasteiger partial charge on any atom is -0.465 e. The number of nitrogens with zero attached hydrogens (tertiary/aromatic N) is 1. The number of hydrogen-bond donors (Lipinski definition) is 0. The van der Waals surface area contributed by atoms with Gasteiger partial charge in [-0.1, -0.05) is 0 Å². The van der Waals surface area contributed by atoms with Crippen LogP contribution in [0.25, 0.3) is 0 Å². The van der Waals surface area contributed by atoms with E-state index in [1.165, 1.54) is 19.5 Å². The standard InChI is InChI=1S/C8H8FNO2S/c1-5-3-10-4-6(13-9)7(5)8(11)12-2/h3-4H,1-2H3. The van der Waals surface area contributed by atoms with Crippen LogP contribution in [0, 0.1) is 6.92 Å². The van der Waals surface area contributed by atoms with Gasteiger partial charge in [-0.25, -0.2) is 4.79 Å². The first-order chi connectivity index (χ1) is 6.20. The fourth-order valence-corrected chi connectivity index (χ4v) is 1.38. The van der Waals surface area contributed by atoms with E-state index in [0.717, 1.165) is 0 Å². The highest BCUT2D eigenvalue weighted by Gasteiger charge is 2.15. The number of hydrogen-bond acceptors (Lipinski definition) is 4. The van der Waals surface area contributed by atoms with E-state index in [1.54, 1.807) is 6.92 Å². The minimum atomic E-state index is -0.542. The minimum absolute atomic E-state index is 0.0100. The van der Waals surface area contributed by atoms with Gasteiger partial charge in [0.1, 0.15) is 0 Å². The average Bonchev–Trinajstić information content (AvgIpc) is 2.16. The van der Waals surface area contributed by atoms with Crippen molar-refractivity contribution in [3.63, 3.8) is 0 Å². The largest absolute Gasteiger partial charge is 0.465 e. The Morgan fingerprint density at radius 3 is 2.85 bits per heavy atom. The Labute approximate surface area is 79.6 Å². The summed E-state index contributed by atoms with van der Waals surface area (Å²) in [5.41, 5.74) is 0.847. The van der Waals surface area contributed by atoms with Gasteiger partial charge in [-0.05, 0) is 12.5 Å². The summed E-state index contributed by atoms with van der Waals surface area (Å²) in [6, 6.07) is 0. The van der Waals surface area contributed by atoms with Crippen LogP contribution in [0.3, 0.4) is 0 Å². The van der Waals surface area contributed by atoms with Crippen LogP contribution in [0.2, 0.25) is 0 Å². The summed E-state index contributed by atoms with van der Waals surface area (Å²) in [4.78, 5) is 15.1. The Kier molecular flexibility index (Phi) is 3.25. The quantitative estimate of drug-likeness (QED) is 0.687. The first kappa shape index (κ1) is 9.98. The van der Waals surface area contributed by atoms with Crippen molar-refractivity contribution >= 4 is 18.1 Å². The molecule has 0 saturated carbocycles. The molecule has 13 heavy (non-hydrogen) atoms. The van der Waals surface area contributed by atoms with E-state index in [-0.39, 0.29) is 22.6 Å². The molecule has 0 unspecified atom stereocenters. The number of ether oxygens (including phenoxy) is 1. The molecule has 0 bridgehead atoms. The van der Waals surface area contributed by atoms with E-state index in [1.807, 2.05) is 0 Å². The third-order valence-electron chi connectivity index (χ3n) is 1.57. The highest BCUT2D eigenvalue weighted by atomic mass is 32.2. The molecular formula is C8H8FNO2S. The number of carbonyl (C=O) groups is 1. The lowest BCUT2D eigenvalue weighted by molar-refractivity contribution is 0.0595. The first-order valence-corrected chi connectivity index (χ1v) is 4.24. The highest BCUT2D eigenvalue weighted by Crippen LogP contribution is 2.25. The van der Waals surface area contributed by atoms with Crippen LogP contribution in [0.15, 0.2) is 17.3 Å². The molecule has 5 heteroatoms. The van der Waals surface area contributed by atoms with Crippen LogP contribution < -0.4 is 0 Å². The molecule has 0 amide bonds. The van der Waals surface area contributed by atoms with Crippen LogP contribution in [0.4, 0.5) is 3.89 Å². The van der Waals surface area contributed by atoms with E-state index in [9.17, 15) is 8.68 Å². The van der Waals surface area contributed by atoms with Gasteiger partial charge >= 0.3 is 5.97 Å². The zero-order chi connectivity index (χ0) is 9.84. The fourth-order valence-electron chi connectivity index (χ4n) is 0.962. The predicted molar refractivity (Wildman–Crippen MR) is 47.3 cm³/mol. The van der Waals surface area contributed by atoms with Crippen molar-refractivity contribution in [3.05, 3.63) is 23.5 Å². The number of esters is 1. The Morgan fingerprint density at radius 1 is 1.62 bits per heavy atom. The van der Waals surface area contributed by atoms with E-state index >= 15 is 0 Å². The average molecular weight is 201 g/mol. The maximum absolute atomic E-state index is 12.3. The summed E-state index contributed by atoms with van der Waals surface area (Å²) < 4.78 is 16.8. The molecule has 0 aliphatic heterocycles. The fraction of sp³-hybridized carbons (Fsp3) is 0.250. The van der Waals surface area contributed by atoms with Gasteiger partial charge in [0.15, 0.2) is 0 Å². The van der Waals surface area contributed by atoms with Crippen LogP contribution in [-0.4, -0.2) is 18.1 Å².